The molecule has 18 heavy (non-hydrogen) atoms. The fourth-order valence-corrected chi connectivity index (χ4v) is 1.58. The van der Waals surface area contributed by atoms with Gasteiger partial charge in [-0.2, -0.15) is 0 Å². The molecular formula is C11H16N6O. The third kappa shape index (κ3) is 2.95. The van der Waals surface area contributed by atoms with Gasteiger partial charge in [0.15, 0.2) is 5.69 Å². The van der Waals surface area contributed by atoms with Gasteiger partial charge in [-0.1, -0.05) is 5.21 Å². The Labute approximate surface area is 105 Å². The largest absolute Gasteiger partial charge is 0.357 e. The van der Waals surface area contributed by atoms with E-state index in [1.54, 1.807) is 10.9 Å². The van der Waals surface area contributed by atoms with Crippen LogP contribution in [0.25, 0.3) is 0 Å². The first kappa shape index (κ1) is 12.3. The van der Waals surface area contributed by atoms with Crippen LogP contribution >= 0.6 is 0 Å². The molecule has 0 saturated heterocycles. The van der Waals surface area contributed by atoms with E-state index in [-0.39, 0.29) is 5.91 Å². The molecule has 3 N–H and O–H groups in total. The van der Waals surface area contributed by atoms with Crippen molar-refractivity contribution in [3.8, 4) is 0 Å². The van der Waals surface area contributed by atoms with Crippen molar-refractivity contribution in [3.05, 3.63) is 35.9 Å². The highest BCUT2D eigenvalue weighted by molar-refractivity contribution is 5.91. The van der Waals surface area contributed by atoms with Gasteiger partial charge in [-0.25, -0.2) is 0 Å². The highest BCUT2D eigenvalue weighted by atomic mass is 16.2. The predicted octanol–water partition coefficient (Wildman–Crippen LogP) is -0.495. The van der Waals surface area contributed by atoms with Crippen LogP contribution in [0.1, 0.15) is 16.1 Å². The number of hydrogen-bond donors (Lipinski definition) is 2. The van der Waals surface area contributed by atoms with Crippen LogP contribution in [0, 0.1) is 0 Å². The van der Waals surface area contributed by atoms with E-state index in [9.17, 15) is 4.79 Å². The van der Waals surface area contributed by atoms with Crippen molar-refractivity contribution in [3.63, 3.8) is 0 Å². The maximum absolute atomic E-state index is 11.8. The summed E-state index contributed by atoms with van der Waals surface area (Å²) in [7, 11) is 1.93. The molecule has 7 nitrogen and oxygen atoms in total. The Bertz CT molecular complexity index is 529. The Kier molecular flexibility index (Phi) is 3.73. The molecule has 0 saturated carbocycles. The fraction of sp³-hybridized carbons (Fsp3) is 0.364. The smallest absolute Gasteiger partial charge is 0.273 e. The first-order valence-corrected chi connectivity index (χ1v) is 5.68. The second kappa shape index (κ2) is 5.46. The van der Waals surface area contributed by atoms with Crippen molar-refractivity contribution in [1.29, 1.82) is 0 Å². The SMILES string of the molecule is Cn1ccc(CNC(=O)c2cn(CCN)nn2)c1. The molecule has 0 bridgehead atoms. The Hall–Kier alpha value is -2.15. The summed E-state index contributed by atoms with van der Waals surface area (Å²) in [5, 5.41) is 10.4. The van der Waals surface area contributed by atoms with Crippen LogP contribution in [0.2, 0.25) is 0 Å². The van der Waals surface area contributed by atoms with E-state index in [0.29, 0.717) is 25.3 Å². The van der Waals surface area contributed by atoms with Crippen molar-refractivity contribution in [2.75, 3.05) is 6.54 Å². The predicted molar refractivity (Wildman–Crippen MR) is 65.7 cm³/mol. The quantitative estimate of drug-likeness (QED) is 0.746. The lowest BCUT2D eigenvalue weighted by Crippen LogP contribution is -2.23. The summed E-state index contributed by atoms with van der Waals surface area (Å²) in [6.45, 7) is 1.50. The number of nitrogens with two attached hydrogens (primary N) is 1. The minimum atomic E-state index is -0.234. The van der Waals surface area contributed by atoms with Gasteiger partial charge < -0.3 is 15.6 Å². The van der Waals surface area contributed by atoms with Crippen LogP contribution in [0.3, 0.4) is 0 Å². The van der Waals surface area contributed by atoms with Gasteiger partial charge in [0.05, 0.1) is 12.7 Å². The summed E-state index contributed by atoms with van der Waals surface area (Å²) in [6.07, 6.45) is 5.47. The average Bonchev–Trinajstić information content (AvgIpc) is 2.96. The zero-order chi connectivity index (χ0) is 13.0. The second-order valence-corrected chi connectivity index (χ2v) is 4.02. The van der Waals surface area contributed by atoms with Crippen LogP contribution in [-0.2, 0) is 20.1 Å². The van der Waals surface area contributed by atoms with E-state index in [0.717, 1.165) is 5.56 Å². The normalized spacial score (nSPS) is 10.6. The van der Waals surface area contributed by atoms with Crippen LogP contribution in [0.4, 0.5) is 0 Å². The van der Waals surface area contributed by atoms with E-state index in [1.165, 1.54) is 0 Å². The number of nitrogens with one attached hydrogen (secondary N) is 1. The number of aromatic nitrogens is 4. The minimum Gasteiger partial charge on any atom is -0.357 e. The monoisotopic (exact) mass is 248 g/mol. The first-order chi connectivity index (χ1) is 8.69. The number of carbonyl (C=O) groups is 1. The summed E-state index contributed by atoms with van der Waals surface area (Å²) < 4.78 is 3.48. The molecule has 1 amide bonds. The molecule has 2 aromatic rings. The van der Waals surface area contributed by atoms with Crippen LogP contribution < -0.4 is 11.1 Å². The Morgan fingerprint density at radius 3 is 3.00 bits per heavy atom. The maximum Gasteiger partial charge on any atom is 0.273 e. The van der Waals surface area contributed by atoms with Gasteiger partial charge in [-0.15, -0.1) is 5.10 Å². The number of amides is 1. The Morgan fingerprint density at radius 2 is 2.33 bits per heavy atom. The highest BCUT2D eigenvalue weighted by Crippen LogP contribution is 2.00. The molecule has 0 fully saturated rings. The van der Waals surface area contributed by atoms with E-state index in [4.69, 9.17) is 5.73 Å². The molecule has 0 aliphatic carbocycles. The van der Waals surface area contributed by atoms with Crippen LogP contribution in [0.5, 0.6) is 0 Å². The molecule has 0 aromatic carbocycles. The second-order valence-electron chi connectivity index (χ2n) is 4.02. The summed E-state index contributed by atoms with van der Waals surface area (Å²) in [6, 6.07) is 1.95. The number of aryl methyl sites for hydroxylation is 1. The van der Waals surface area contributed by atoms with Crippen molar-refractivity contribution < 1.29 is 4.79 Å². The van der Waals surface area contributed by atoms with Gasteiger partial charge in [0.1, 0.15) is 0 Å². The van der Waals surface area contributed by atoms with Gasteiger partial charge in [-0.3, -0.25) is 9.48 Å². The molecular weight excluding hydrogens is 232 g/mol. The van der Waals surface area contributed by atoms with Gasteiger partial charge in [-0.05, 0) is 11.6 Å². The fourth-order valence-electron chi connectivity index (χ4n) is 1.58. The molecule has 0 unspecified atom stereocenters. The zero-order valence-electron chi connectivity index (χ0n) is 10.2. The summed E-state index contributed by atoms with van der Waals surface area (Å²) in [5.41, 5.74) is 6.74. The lowest BCUT2D eigenvalue weighted by Gasteiger charge is -2.00. The van der Waals surface area contributed by atoms with Gasteiger partial charge in [0.2, 0.25) is 0 Å². The summed E-state index contributed by atoms with van der Waals surface area (Å²) in [4.78, 5) is 11.8. The van der Waals surface area contributed by atoms with Crippen molar-refractivity contribution in [2.24, 2.45) is 12.8 Å². The van der Waals surface area contributed by atoms with Crippen molar-refractivity contribution in [1.82, 2.24) is 24.9 Å². The molecule has 2 heterocycles. The molecule has 0 atom stereocenters. The standard InChI is InChI=1S/C11H16N6O/c1-16-4-2-9(7-16)6-13-11(18)10-8-17(5-3-12)15-14-10/h2,4,7-8H,3,5-6,12H2,1H3,(H,13,18). The number of nitrogens with zero attached hydrogens (tertiary/aromatic N) is 4. The number of hydrogen-bond acceptors (Lipinski definition) is 4. The Morgan fingerprint density at radius 1 is 1.50 bits per heavy atom. The summed E-state index contributed by atoms with van der Waals surface area (Å²) >= 11 is 0. The minimum absolute atomic E-state index is 0.234. The molecule has 0 aliphatic rings. The highest BCUT2D eigenvalue weighted by Gasteiger charge is 2.10. The topological polar surface area (TPSA) is 90.8 Å². The maximum atomic E-state index is 11.8. The molecule has 2 aromatic heterocycles. The van der Waals surface area contributed by atoms with Crippen molar-refractivity contribution in [2.45, 2.75) is 13.1 Å². The zero-order valence-corrected chi connectivity index (χ0v) is 10.2. The van der Waals surface area contributed by atoms with E-state index in [1.807, 2.05) is 30.1 Å². The Balaban J connectivity index is 1.90. The number of rotatable bonds is 5. The first-order valence-electron chi connectivity index (χ1n) is 5.68. The third-order valence-corrected chi connectivity index (χ3v) is 2.48. The summed E-state index contributed by atoms with van der Waals surface area (Å²) in [5.74, 6) is -0.234. The third-order valence-electron chi connectivity index (χ3n) is 2.48. The van der Waals surface area contributed by atoms with Crippen LogP contribution in [0.15, 0.2) is 24.7 Å². The van der Waals surface area contributed by atoms with E-state index >= 15 is 0 Å². The molecule has 0 radical (unpaired) electrons. The van der Waals surface area contributed by atoms with Crippen molar-refractivity contribution >= 4 is 5.91 Å². The van der Waals surface area contributed by atoms with Gasteiger partial charge in [0.25, 0.3) is 5.91 Å². The van der Waals surface area contributed by atoms with Gasteiger partial charge in [0, 0.05) is 32.5 Å². The van der Waals surface area contributed by atoms with Crippen LogP contribution in [-0.4, -0.2) is 32.0 Å². The van der Waals surface area contributed by atoms with E-state index < -0.39 is 0 Å². The lowest BCUT2D eigenvalue weighted by atomic mass is 10.3. The molecule has 2 rings (SSSR count). The lowest BCUT2D eigenvalue weighted by molar-refractivity contribution is 0.0946. The van der Waals surface area contributed by atoms with Gasteiger partial charge >= 0.3 is 0 Å². The molecule has 0 aliphatic heterocycles. The van der Waals surface area contributed by atoms with E-state index in [2.05, 4.69) is 15.6 Å². The molecule has 7 heteroatoms. The molecule has 0 spiro atoms. The number of carbonyl (C=O) groups excluding carboxylic acids is 1. The average molecular weight is 248 g/mol. The molecule has 96 valence electrons.